The standard InChI is InChI=1S/C30H31Cl2FN2O6S2/c1-21(11-16-42(2,37)38)34-29(36)30(33)12-14-35(15-13-30)43(39,40)28-10-9-25(32)19-27(28)23-6-4-8-26(18-23)41-20-22-5-3-7-24(31)17-22/h3-11,16-19,21H,12-15,20H2,1-2H3,(H,34,36)/b16-11-/t21-/m0/s1. The number of carbonyl (C=O) groups is 1. The Kier molecular flexibility index (Phi) is 10.2. The Morgan fingerprint density at radius 2 is 1.70 bits per heavy atom. The SMILES string of the molecule is C[C@@H](/C=C\S(C)(=O)=O)NC(=O)C1(F)CCN(S(=O)(=O)c2ccc(Cl)cc2-c2cccc(OCc3cccc(Cl)c3)c2)CC1. The fourth-order valence-electron chi connectivity index (χ4n) is 4.59. The number of benzene rings is 3. The van der Waals surface area contributed by atoms with E-state index in [9.17, 15) is 21.6 Å². The van der Waals surface area contributed by atoms with Crippen molar-refractivity contribution in [3.05, 3.63) is 93.8 Å². The Morgan fingerprint density at radius 3 is 2.37 bits per heavy atom. The van der Waals surface area contributed by atoms with Crippen LogP contribution in [0.5, 0.6) is 5.75 Å². The molecular formula is C30H31Cl2FN2O6S2. The minimum atomic E-state index is -4.11. The maximum Gasteiger partial charge on any atom is 0.258 e. The molecule has 3 aromatic rings. The van der Waals surface area contributed by atoms with E-state index in [0.717, 1.165) is 21.5 Å². The van der Waals surface area contributed by atoms with Crippen LogP contribution in [-0.4, -0.2) is 58.1 Å². The van der Waals surface area contributed by atoms with Gasteiger partial charge in [-0.05, 0) is 60.5 Å². The molecular weight excluding hydrogens is 638 g/mol. The van der Waals surface area contributed by atoms with Crippen LogP contribution in [0.3, 0.4) is 0 Å². The molecule has 0 radical (unpaired) electrons. The first-order valence-corrected chi connectivity index (χ1v) is 17.5. The summed E-state index contributed by atoms with van der Waals surface area (Å²) in [5.74, 6) is -0.412. The summed E-state index contributed by atoms with van der Waals surface area (Å²) in [6.45, 7) is 1.31. The number of hydrogen-bond donors (Lipinski definition) is 1. The van der Waals surface area contributed by atoms with Gasteiger partial charge in [-0.2, -0.15) is 4.31 Å². The van der Waals surface area contributed by atoms with Gasteiger partial charge in [0.1, 0.15) is 12.4 Å². The molecule has 1 aliphatic rings. The minimum absolute atomic E-state index is 0.0146. The van der Waals surface area contributed by atoms with Gasteiger partial charge in [-0.25, -0.2) is 21.2 Å². The van der Waals surface area contributed by atoms with E-state index in [1.54, 1.807) is 42.5 Å². The number of sulfonamides is 1. The summed E-state index contributed by atoms with van der Waals surface area (Å²) >= 11 is 12.3. The van der Waals surface area contributed by atoms with E-state index in [-0.39, 0.29) is 37.4 Å². The van der Waals surface area contributed by atoms with E-state index in [1.807, 2.05) is 12.1 Å². The number of sulfone groups is 1. The lowest BCUT2D eigenvalue weighted by molar-refractivity contribution is -0.135. The number of rotatable bonds is 10. The van der Waals surface area contributed by atoms with Crippen LogP contribution >= 0.6 is 23.2 Å². The zero-order chi connectivity index (χ0) is 31.4. The quantitative estimate of drug-likeness (QED) is 0.293. The Labute approximate surface area is 261 Å². The second-order valence-corrected chi connectivity index (χ2v) is 15.1. The lowest BCUT2D eigenvalue weighted by Gasteiger charge is -2.35. The Morgan fingerprint density at radius 1 is 1.02 bits per heavy atom. The van der Waals surface area contributed by atoms with E-state index in [4.69, 9.17) is 27.9 Å². The van der Waals surface area contributed by atoms with Gasteiger partial charge < -0.3 is 10.1 Å². The highest BCUT2D eigenvalue weighted by Crippen LogP contribution is 2.36. The van der Waals surface area contributed by atoms with Crippen molar-refractivity contribution in [1.82, 2.24) is 9.62 Å². The molecule has 0 saturated carbocycles. The van der Waals surface area contributed by atoms with E-state index < -0.39 is 37.5 Å². The minimum Gasteiger partial charge on any atom is -0.489 e. The van der Waals surface area contributed by atoms with Crippen LogP contribution in [0.15, 0.2) is 83.1 Å². The molecule has 1 saturated heterocycles. The van der Waals surface area contributed by atoms with Crippen molar-refractivity contribution >= 4 is 49.0 Å². The maximum absolute atomic E-state index is 15.6. The van der Waals surface area contributed by atoms with Gasteiger partial charge in [0.25, 0.3) is 5.91 Å². The van der Waals surface area contributed by atoms with Crippen molar-refractivity contribution in [3.8, 4) is 16.9 Å². The fourth-order valence-corrected chi connectivity index (χ4v) is 7.13. The van der Waals surface area contributed by atoms with E-state index >= 15 is 4.39 Å². The molecule has 1 N–H and O–H groups in total. The monoisotopic (exact) mass is 668 g/mol. The first-order chi connectivity index (χ1) is 20.2. The molecule has 13 heteroatoms. The predicted molar refractivity (Wildman–Crippen MR) is 166 cm³/mol. The smallest absolute Gasteiger partial charge is 0.258 e. The summed E-state index contributed by atoms with van der Waals surface area (Å²) in [6.07, 6.45) is 1.52. The van der Waals surface area contributed by atoms with Gasteiger partial charge in [0.05, 0.1) is 4.90 Å². The van der Waals surface area contributed by atoms with Crippen molar-refractivity contribution in [1.29, 1.82) is 0 Å². The summed E-state index contributed by atoms with van der Waals surface area (Å²) in [5, 5.41) is 4.30. The zero-order valence-corrected chi connectivity index (χ0v) is 26.6. The van der Waals surface area contributed by atoms with Crippen LogP contribution in [-0.2, 0) is 31.3 Å². The largest absolute Gasteiger partial charge is 0.489 e. The van der Waals surface area contributed by atoms with Crippen molar-refractivity contribution in [2.45, 2.75) is 43.0 Å². The Hall–Kier alpha value is -2.96. The summed E-state index contributed by atoms with van der Waals surface area (Å²) < 4.78 is 72.9. The highest BCUT2D eigenvalue weighted by Gasteiger charge is 2.44. The van der Waals surface area contributed by atoms with Crippen LogP contribution in [0, 0.1) is 0 Å². The maximum atomic E-state index is 15.6. The summed E-state index contributed by atoms with van der Waals surface area (Å²) in [6, 6.07) is 17.9. The Balaban J connectivity index is 1.50. The third-order valence-corrected chi connectivity index (χ3v) is 9.97. The molecule has 0 aromatic heterocycles. The molecule has 230 valence electrons. The first kappa shape index (κ1) is 32.9. The molecule has 1 aliphatic heterocycles. The normalized spacial score (nSPS) is 16.6. The van der Waals surface area contributed by atoms with Crippen LogP contribution in [0.1, 0.15) is 25.3 Å². The second kappa shape index (κ2) is 13.4. The van der Waals surface area contributed by atoms with Gasteiger partial charge >= 0.3 is 0 Å². The van der Waals surface area contributed by atoms with E-state index in [1.165, 1.54) is 25.1 Å². The highest BCUT2D eigenvalue weighted by atomic mass is 35.5. The van der Waals surface area contributed by atoms with Gasteiger partial charge in [0.2, 0.25) is 10.0 Å². The number of nitrogens with zero attached hydrogens (tertiary/aromatic N) is 1. The van der Waals surface area contributed by atoms with Gasteiger partial charge in [-0.1, -0.05) is 53.5 Å². The average Bonchev–Trinajstić information content (AvgIpc) is 2.95. The van der Waals surface area contributed by atoms with Crippen molar-refractivity contribution in [2.24, 2.45) is 0 Å². The van der Waals surface area contributed by atoms with Gasteiger partial charge in [-0.3, -0.25) is 4.79 Å². The number of carbonyl (C=O) groups excluding carboxylic acids is 1. The topological polar surface area (TPSA) is 110 Å². The second-order valence-electron chi connectivity index (χ2n) is 10.4. The number of hydrogen-bond acceptors (Lipinski definition) is 6. The van der Waals surface area contributed by atoms with Crippen molar-refractivity contribution in [3.63, 3.8) is 0 Å². The fraction of sp³-hybridized carbons (Fsp3) is 0.300. The Bertz CT molecular complexity index is 1740. The molecule has 0 unspecified atom stereocenters. The molecule has 0 bridgehead atoms. The number of amides is 1. The lowest BCUT2D eigenvalue weighted by Crippen LogP contribution is -2.53. The lowest BCUT2D eigenvalue weighted by atomic mass is 9.93. The summed E-state index contributed by atoms with van der Waals surface area (Å²) in [7, 11) is -7.52. The molecule has 0 aliphatic carbocycles. The highest BCUT2D eigenvalue weighted by molar-refractivity contribution is 7.93. The van der Waals surface area contributed by atoms with Crippen LogP contribution in [0.25, 0.3) is 11.1 Å². The predicted octanol–water partition coefficient (Wildman–Crippen LogP) is 5.80. The van der Waals surface area contributed by atoms with Crippen molar-refractivity contribution in [2.75, 3.05) is 19.3 Å². The third-order valence-electron chi connectivity index (χ3n) is 6.89. The number of piperidine rings is 1. The number of alkyl halides is 1. The molecule has 8 nitrogen and oxygen atoms in total. The van der Waals surface area contributed by atoms with Gasteiger partial charge in [-0.15, -0.1) is 0 Å². The molecule has 1 atom stereocenters. The molecule has 4 rings (SSSR count). The molecule has 43 heavy (non-hydrogen) atoms. The third kappa shape index (κ3) is 8.57. The number of nitrogens with one attached hydrogen (secondary N) is 1. The van der Waals surface area contributed by atoms with Crippen LogP contribution in [0.2, 0.25) is 10.0 Å². The first-order valence-electron chi connectivity index (χ1n) is 13.3. The van der Waals surface area contributed by atoms with Crippen LogP contribution < -0.4 is 10.1 Å². The zero-order valence-electron chi connectivity index (χ0n) is 23.5. The van der Waals surface area contributed by atoms with Crippen LogP contribution in [0.4, 0.5) is 4.39 Å². The number of halogens is 3. The van der Waals surface area contributed by atoms with Gasteiger partial charge in [0, 0.05) is 59.2 Å². The molecule has 0 spiro atoms. The van der Waals surface area contributed by atoms with E-state index in [2.05, 4.69) is 5.32 Å². The van der Waals surface area contributed by atoms with Gasteiger partial charge in [0.15, 0.2) is 15.5 Å². The molecule has 1 amide bonds. The number of ether oxygens (including phenoxy) is 1. The van der Waals surface area contributed by atoms with Crippen molar-refractivity contribution < 1.29 is 30.8 Å². The molecule has 3 aromatic carbocycles. The molecule has 1 heterocycles. The van der Waals surface area contributed by atoms with E-state index in [0.29, 0.717) is 26.9 Å². The summed E-state index contributed by atoms with van der Waals surface area (Å²) in [4.78, 5) is 12.7. The molecule has 1 fully saturated rings. The summed E-state index contributed by atoms with van der Waals surface area (Å²) in [5.41, 5.74) is -0.540. The average molecular weight is 670 g/mol.